The second kappa shape index (κ2) is 9.11. The summed E-state index contributed by atoms with van der Waals surface area (Å²) in [4.78, 5) is 12.5. The van der Waals surface area contributed by atoms with Crippen LogP contribution in [-0.4, -0.2) is 23.1 Å². The second-order valence-corrected chi connectivity index (χ2v) is 9.27. The standard InChI is InChI=1S/C22H27ClO3S/c1-14-6-8-17(12-15(14)2)26-13-16-7-10-20(23)19(16)5-3-4-18-9-11-21(27-18)22(24)25/h6,8-9,11-12,16,19-20H,3-5,7,10,13H2,1-2H3,(H,24,25)/t16?,19-,20?/m1/s1. The Morgan fingerprint density at radius 1 is 1.22 bits per heavy atom. The predicted molar refractivity (Wildman–Crippen MR) is 111 cm³/mol. The van der Waals surface area contributed by atoms with Crippen molar-refractivity contribution < 1.29 is 14.6 Å². The van der Waals surface area contributed by atoms with Gasteiger partial charge in [0.15, 0.2) is 0 Å². The van der Waals surface area contributed by atoms with Crippen LogP contribution in [0.25, 0.3) is 0 Å². The Kier molecular flexibility index (Phi) is 6.83. The van der Waals surface area contributed by atoms with E-state index in [2.05, 4.69) is 26.0 Å². The van der Waals surface area contributed by atoms with Crippen LogP contribution in [0.4, 0.5) is 0 Å². The van der Waals surface area contributed by atoms with Gasteiger partial charge in [-0.15, -0.1) is 22.9 Å². The number of halogens is 1. The van der Waals surface area contributed by atoms with Crippen molar-refractivity contribution >= 4 is 28.9 Å². The molecule has 27 heavy (non-hydrogen) atoms. The maximum atomic E-state index is 11.0. The van der Waals surface area contributed by atoms with Crippen LogP contribution in [-0.2, 0) is 6.42 Å². The Bertz CT molecular complexity index is 786. The zero-order valence-electron chi connectivity index (χ0n) is 15.9. The molecule has 1 fully saturated rings. The highest BCUT2D eigenvalue weighted by Gasteiger charge is 2.34. The van der Waals surface area contributed by atoms with Crippen molar-refractivity contribution in [2.24, 2.45) is 11.8 Å². The van der Waals surface area contributed by atoms with E-state index in [9.17, 15) is 4.79 Å². The fraction of sp³-hybridized carbons (Fsp3) is 0.500. The summed E-state index contributed by atoms with van der Waals surface area (Å²) >= 11 is 7.98. The molecule has 3 rings (SSSR count). The molecule has 0 amide bonds. The Labute approximate surface area is 170 Å². The normalized spacial score (nSPS) is 22.1. The van der Waals surface area contributed by atoms with Gasteiger partial charge in [0.05, 0.1) is 6.61 Å². The third-order valence-corrected chi connectivity index (χ3v) is 7.33. The van der Waals surface area contributed by atoms with E-state index < -0.39 is 5.97 Å². The molecule has 3 atom stereocenters. The average Bonchev–Trinajstić information content (AvgIpc) is 3.24. The lowest BCUT2D eigenvalue weighted by atomic mass is 9.91. The lowest BCUT2D eigenvalue weighted by Crippen LogP contribution is -2.21. The highest BCUT2D eigenvalue weighted by Crippen LogP contribution is 2.39. The van der Waals surface area contributed by atoms with Gasteiger partial charge in [-0.1, -0.05) is 6.07 Å². The topological polar surface area (TPSA) is 46.5 Å². The first kappa shape index (κ1) is 20.2. The van der Waals surface area contributed by atoms with Crippen LogP contribution in [0.3, 0.4) is 0 Å². The maximum absolute atomic E-state index is 11.0. The molecule has 2 unspecified atom stereocenters. The second-order valence-electron chi connectivity index (χ2n) is 7.54. The summed E-state index contributed by atoms with van der Waals surface area (Å²) in [5.41, 5.74) is 2.53. The van der Waals surface area contributed by atoms with E-state index in [1.807, 2.05) is 12.1 Å². The van der Waals surface area contributed by atoms with Gasteiger partial charge < -0.3 is 9.84 Å². The van der Waals surface area contributed by atoms with Crippen molar-refractivity contribution in [1.29, 1.82) is 0 Å². The smallest absolute Gasteiger partial charge is 0.345 e. The molecule has 0 spiro atoms. The van der Waals surface area contributed by atoms with E-state index >= 15 is 0 Å². The molecular formula is C22H27ClO3S. The number of thiophene rings is 1. The van der Waals surface area contributed by atoms with E-state index in [1.165, 1.54) is 22.5 Å². The SMILES string of the molecule is Cc1ccc(OCC2CCC(Cl)[C@@H]2CCCc2ccc(C(=O)O)s2)cc1C. The van der Waals surface area contributed by atoms with Crippen LogP contribution in [0.5, 0.6) is 5.75 Å². The summed E-state index contributed by atoms with van der Waals surface area (Å²) in [6, 6.07) is 9.88. The van der Waals surface area contributed by atoms with Crippen LogP contribution in [0.15, 0.2) is 30.3 Å². The van der Waals surface area contributed by atoms with Crippen LogP contribution < -0.4 is 4.74 Å². The predicted octanol–water partition coefficient (Wildman–Crippen LogP) is 6.10. The molecule has 1 heterocycles. The molecule has 1 saturated carbocycles. The molecule has 2 aromatic rings. The monoisotopic (exact) mass is 406 g/mol. The van der Waals surface area contributed by atoms with Crippen molar-refractivity contribution in [3.05, 3.63) is 51.2 Å². The number of rotatable bonds is 8. The molecule has 1 N–H and O–H groups in total. The molecule has 5 heteroatoms. The first-order valence-electron chi connectivity index (χ1n) is 9.60. The zero-order valence-corrected chi connectivity index (χ0v) is 17.5. The fourth-order valence-electron chi connectivity index (χ4n) is 3.87. The van der Waals surface area contributed by atoms with Crippen molar-refractivity contribution in [3.63, 3.8) is 0 Å². The van der Waals surface area contributed by atoms with Gasteiger partial charge in [-0.05, 0) is 93.2 Å². The van der Waals surface area contributed by atoms with E-state index in [1.54, 1.807) is 6.07 Å². The van der Waals surface area contributed by atoms with Crippen LogP contribution in [0, 0.1) is 25.7 Å². The molecule has 0 bridgehead atoms. The van der Waals surface area contributed by atoms with Crippen LogP contribution in [0.2, 0.25) is 0 Å². The van der Waals surface area contributed by atoms with Gasteiger partial charge in [-0.2, -0.15) is 0 Å². The lowest BCUT2D eigenvalue weighted by molar-refractivity contribution is 0.0702. The van der Waals surface area contributed by atoms with Crippen molar-refractivity contribution in [2.45, 2.75) is 51.3 Å². The maximum Gasteiger partial charge on any atom is 0.345 e. The van der Waals surface area contributed by atoms with Gasteiger partial charge in [0.25, 0.3) is 0 Å². The molecule has 1 aliphatic carbocycles. The minimum Gasteiger partial charge on any atom is -0.493 e. The van der Waals surface area contributed by atoms with Crippen molar-refractivity contribution in [3.8, 4) is 5.75 Å². The van der Waals surface area contributed by atoms with Gasteiger partial charge in [0.2, 0.25) is 0 Å². The molecule has 1 aliphatic rings. The number of benzene rings is 1. The largest absolute Gasteiger partial charge is 0.493 e. The number of carboxylic acid groups (broad SMARTS) is 1. The third kappa shape index (κ3) is 5.26. The summed E-state index contributed by atoms with van der Waals surface area (Å²) in [6.45, 7) is 4.94. The van der Waals surface area contributed by atoms with E-state index in [0.29, 0.717) is 16.7 Å². The first-order chi connectivity index (χ1) is 12.9. The summed E-state index contributed by atoms with van der Waals surface area (Å²) in [5.74, 6) is 1.06. The number of alkyl halides is 1. The summed E-state index contributed by atoms with van der Waals surface area (Å²) < 4.78 is 6.08. The Morgan fingerprint density at radius 3 is 2.74 bits per heavy atom. The highest BCUT2D eigenvalue weighted by molar-refractivity contribution is 7.13. The Morgan fingerprint density at radius 2 is 2.04 bits per heavy atom. The van der Waals surface area contributed by atoms with Gasteiger partial charge >= 0.3 is 5.97 Å². The first-order valence-corrected chi connectivity index (χ1v) is 10.9. The number of carbonyl (C=O) groups is 1. The summed E-state index contributed by atoms with van der Waals surface area (Å²) in [7, 11) is 0. The number of hydrogen-bond acceptors (Lipinski definition) is 3. The fourth-order valence-corrected chi connectivity index (χ4v) is 5.21. The number of carboxylic acids is 1. The Hall–Kier alpha value is -1.52. The molecule has 0 aliphatic heterocycles. The average molecular weight is 407 g/mol. The molecule has 0 saturated heterocycles. The molecule has 146 valence electrons. The lowest BCUT2D eigenvalue weighted by Gasteiger charge is -2.22. The number of ether oxygens (including phenoxy) is 1. The molecule has 1 aromatic heterocycles. The van der Waals surface area contributed by atoms with Gasteiger partial charge in [0, 0.05) is 10.3 Å². The minimum absolute atomic E-state index is 0.219. The number of aryl methyl sites for hydroxylation is 3. The van der Waals surface area contributed by atoms with Gasteiger partial charge in [-0.25, -0.2) is 4.79 Å². The van der Waals surface area contributed by atoms with Crippen molar-refractivity contribution in [1.82, 2.24) is 0 Å². The molecule has 1 aromatic carbocycles. The minimum atomic E-state index is -0.841. The molecule has 3 nitrogen and oxygen atoms in total. The highest BCUT2D eigenvalue weighted by atomic mass is 35.5. The number of aromatic carboxylic acids is 1. The summed E-state index contributed by atoms with van der Waals surface area (Å²) in [6.07, 6.45) is 5.19. The number of hydrogen-bond donors (Lipinski definition) is 1. The zero-order chi connectivity index (χ0) is 19.4. The van der Waals surface area contributed by atoms with E-state index in [4.69, 9.17) is 21.4 Å². The third-order valence-electron chi connectivity index (χ3n) is 5.66. The van der Waals surface area contributed by atoms with Crippen LogP contribution in [0.1, 0.15) is 51.4 Å². The summed E-state index contributed by atoms with van der Waals surface area (Å²) in [5, 5.41) is 9.25. The van der Waals surface area contributed by atoms with E-state index in [0.717, 1.165) is 49.3 Å². The van der Waals surface area contributed by atoms with E-state index in [-0.39, 0.29) is 5.38 Å². The molecule has 0 radical (unpaired) electrons. The van der Waals surface area contributed by atoms with Gasteiger partial charge in [0.1, 0.15) is 10.6 Å². The van der Waals surface area contributed by atoms with Crippen molar-refractivity contribution in [2.75, 3.05) is 6.61 Å². The van der Waals surface area contributed by atoms with Crippen LogP contribution >= 0.6 is 22.9 Å². The quantitative estimate of drug-likeness (QED) is 0.539. The van der Waals surface area contributed by atoms with Gasteiger partial charge in [-0.3, -0.25) is 0 Å². The Balaban J connectivity index is 1.50. The molecular weight excluding hydrogens is 380 g/mol.